The fourth-order valence-electron chi connectivity index (χ4n) is 1.56. The van der Waals surface area contributed by atoms with E-state index < -0.39 is 4.32 Å². The monoisotopic (exact) mass is 247 g/mol. The van der Waals surface area contributed by atoms with Crippen molar-refractivity contribution in [1.82, 2.24) is 5.32 Å². The molecule has 3 atom stereocenters. The van der Waals surface area contributed by atoms with Gasteiger partial charge in [0.1, 0.15) is 0 Å². The van der Waals surface area contributed by atoms with E-state index in [9.17, 15) is 4.79 Å². The van der Waals surface area contributed by atoms with E-state index in [0.29, 0.717) is 12.0 Å². The summed E-state index contributed by atoms with van der Waals surface area (Å²) in [4.78, 5) is 11.6. The Morgan fingerprint density at radius 3 is 2.31 bits per heavy atom. The first-order chi connectivity index (χ1) is 5.82. The highest BCUT2D eigenvalue weighted by molar-refractivity contribution is 9.10. The van der Waals surface area contributed by atoms with Crippen molar-refractivity contribution in [3.63, 3.8) is 0 Å². The third-order valence-corrected chi connectivity index (χ3v) is 3.37. The van der Waals surface area contributed by atoms with Crippen molar-refractivity contribution < 1.29 is 4.79 Å². The van der Waals surface area contributed by atoms with Crippen LogP contribution < -0.4 is 5.32 Å². The van der Waals surface area contributed by atoms with E-state index >= 15 is 0 Å². The second-order valence-corrected chi connectivity index (χ2v) is 6.61. The van der Waals surface area contributed by atoms with Crippen molar-refractivity contribution in [2.75, 3.05) is 0 Å². The molecule has 0 radical (unpaired) electrons. The molecule has 0 saturated heterocycles. The number of rotatable bonds is 2. The molecule has 0 aromatic rings. The zero-order valence-electron chi connectivity index (χ0n) is 8.73. The Labute approximate surface area is 88.6 Å². The van der Waals surface area contributed by atoms with E-state index in [1.807, 2.05) is 13.8 Å². The number of alkyl halides is 1. The van der Waals surface area contributed by atoms with E-state index in [-0.39, 0.29) is 5.91 Å². The lowest BCUT2D eigenvalue weighted by Gasteiger charge is -2.42. The van der Waals surface area contributed by atoms with Crippen LogP contribution in [-0.4, -0.2) is 16.3 Å². The molecule has 0 bridgehead atoms. The van der Waals surface area contributed by atoms with Gasteiger partial charge in [-0.2, -0.15) is 0 Å². The Bertz CT molecular complexity index is 209. The maximum atomic E-state index is 11.6. The summed E-state index contributed by atoms with van der Waals surface area (Å²) in [6, 6.07) is 0.388. The Morgan fingerprint density at radius 2 is 2.00 bits per heavy atom. The lowest BCUT2D eigenvalue weighted by molar-refractivity contribution is -0.124. The van der Waals surface area contributed by atoms with E-state index in [1.54, 1.807) is 0 Å². The molecule has 0 aromatic carbocycles. The number of nitrogens with one attached hydrogen (secondary N) is 1. The van der Waals surface area contributed by atoms with Gasteiger partial charge < -0.3 is 5.32 Å². The zero-order valence-corrected chi connectivity index (χ0v) is 10.3. The van der Waals surface area contributed by atoms with Crippen molar-refractivity contribution in [2.24, 2.45) is 11.8 Å². The van der Waals surface area contributed by atoms with Crippen LogP contribution in [0.1, 0.15) is 34.1 Å². The molecule has 3 heteroatoms. The minimum Gasteiger partial charge on any atom is -0.352 e. The average molecular weight is 248 g/mol. The molecule has 0 spiro atoms. The lowest BCUT2D eigenvalue weighted by Crippen LogP contribution is -2.53. The largest absolute Gasteiger partial charge is 0.352 e. The molecular formula is C10H18BrNO. The van der Waals surface area contributed by atoms with Crippen LogP contribution in [0.3, 0.4) is 0 Å². The fraction of sp³-hybridized carbons (Fsp3) is 0.900. The van der Waals surface area contributed by atoms with E-state index in [1.165, 1.54) is 0 Å². The van der Waals surface area contributed by atoms with Gasteiger partial charge in [-0.25, -0.2) is 0 Å². The minimum absolute atomic E-state index is 0.0938. The van der Waals surface area contributed by atoms with Gasteiger partial charge >= 0.3 is 0 Å². The Kier molecular flexibility index (Phi) is 3.05. The molecule has 0 heterocycles. The summed E-state index contributed by atoms with van der Waals surface area (Å²) < 4.78 is -0.439. The van der Waals surface area contributed by atoms with Gasteiger partial charge in [0.25, 0.3) is 0 Å². The predicted molar refractivity (Wildman–Crippen MR) is 57.9 cm³/mol. The molecule has 3 unspecified atom stereocenters. The Balaban J connectivity index is 2.39. The molecule has 1 saturated carbocycles. The quantitative estimate of drug-likeness (QED) is 0.746. The van der Waals surface area contributed by atoms with Crippen molar-refractivity contribution >= 4 is 21.8 Å². The molecule has 0 aliphatic heterocycles. The number of carbonyl (C=O) groups excluding carboxylic acids is 1. The summed E-state index contributed by atoms with van der Waals surface area (Å²) in [5, 5.41) is 3.05. The molecule has 1 rings (SSSR count). The molecule has 1 fully saturated rings. The normalized spacial score (nSPS) is 33.8. The number of amides is 1. The SMILES string of the molecule is CC1CC(NC(=O)C(C)(C)Br)C1C. The van der Waals surface area contributed by atoms with Crippen molar-refractivity contribution in [1.29, 1.82) is 0 Å². The second kappa shape index (κ2) is 3.60. The van der Waals surface area contributed by atoms with Gasteiger partial charge in [-0.3, -0.25) is 4.79 Å². The van der Waals surface area contributed by atoms with Crippen LogP contribution >= 0.6 is 15.9 Å². The molecule has 1 N–H and O–H groups in total. The molecule has 1 aliphatic rings. The van der Waals surface area contributed by atoms with Crippen molar-refractivity contribution in [2.45, 2.75) is 44.5 Å². The van der Waals surface area contributed by atoms with Gasteiger partial charge in [0.05, 0.1) is 4.32 Å². The molecule has 2 nitrogen and oxygen atoms in total. The second-order valence-electron chi connectivity index (χ2n) is 4.62. The van der Waals surface area contributed by atoms with Crippen LogP contribution in [0.2, 0.25) is 0 Å². The molecule has 0 aromatic heterocycles. The summed E-state index contributed by atoms with van der Waals surface area (Å²) in [6.07, 6.45) is 1.12. The maximum Gasteiger partial charge on any atom is 0.236 e. The molecule has 1 amide bonds. The van der Waals surface area contributed by atoms with E-state index in [0.717, 1.165) is 12.3 Å². The van der Waals surface area contributed by atoms with Gasteiger partial charge in [-0.15, -0.1) is 0 Å². The summed E-state index contributed by atoms with van der Waals surface area (Å²) in [5.41, 5.74) is 0. The first kappa shape index (κ1) is 11.0. The minimum atomic E-state index is -0.439. The highest BCUT2D eigenvalue weighted by Crippen LogP contribution is 2.34. The smallest absolute Gasteiger partial charge is 0.236 e. The zero-order chi connectivity index (χ0) is 10.2. The number of halogens is 1. The van der Waals surface area contributed by atoms with E-state index in [2.05, 4.69) is 35.1 Å². The van der Waals surface area contributed by atoms with Crippen molar-refractivity contribution in [3.05, 3.63) is 0 Å². The standard InChI is InChI=1S/C10H18BrNO/c1-6-5-8(7(6)2)12-9(13)10(3,4)11/h6-8H,5H2,1-4H3,(H,12,13). The highest BCUT2D eigenvalue weighted by atomic mass is 79.9. The highest BCUT2D eigenvalue weighted by Gasteiger charge is 2.37. The summed E-state index contributed by atoms with van der Waals surface area (Å²) in [6.45, 7) is 8.16. The van der Waals surface area contributed by atoms with Crippen LogP contribution in [-0.2, 0) is 4.79 Å². The van der Waals surface area contributed by atoms with Gasteiger partial charge in [-0.05, 0) is 32.1 Å². The van der Waals surface area contributed by atoms with Gasteiger partial charge in [0.15, 0.2) is 0 Å². The summed E-state index contributed by atoms with van der Waals surface area (Å²) >= 11 is 3.35. The van der Waals surface area contributed by atoms with Crippen LogP contribution in [0.15, 0.2) is 0 Å². The Morgan fingerprint density at radius 1 is 1.46 bits per heavy atom. The third kappa shape index (κ3) is 2.46. The van der Waals surface area contributed by atoms with Gasteiger partial charge in [-0.1, -0.05) is 29.8 Å². The predicted octanol–water partition coefficient (Wildman–Crippen LogP) is 2.32. The van der Waals surface area contributed by atoms with Crippen LogP contribution in [0, 0.1) is 11.8 Å². The number of carbonyl (C=O) groups is 1. The first-order valence-corrected chi connectivity index (χ1v) is 5.61. The lowest BCUT2D eigenvalue weighted by atomic mass is 9.71. The van der Waals surface area contributed by atoms with Crippen LogP contribution in [0.25, 0.3) is 0 Å². The van der Waals surface area contributed by atoms with Crippen molar-refractivity contribution in [3.8, 4) is 0 Å². The third-order valence-electron chi connectivity index (χ3n) is 3.01. The fourth-order valence-corrected chi connectivity index (χ4v) is 1.68. The van der Waals surface area contributed by atoms with Crippen LogP contribution in [0.4, 0.5) is 0 Å². The molecular weight excluding hydrogens is 230 g/mol. The topological polar surface area (TPSA) is 29.1 Å². The Hall–Kier alpha value is -0.0500. The number of hydrogen-bond donors (Lipinski definition) is 1. The first-order valence-electron chi connectivity index (χ1n) is 4.82. The van der Waals surface area contributed by atoms with E-state index in [4.69, 9.17) is 0 Å². The summed E-state index contributed by atoms with van der Waals surface area (Å²) in [7, 11) is 0. The van der Waals surface area contributed by atoms with Gasteiger partial charge in [0.2, 0.25) is 5.91 Å². The average Bonchev–Trinajstić information content (AvgIpc) is 2.01. The molecule has 13 heavy (non-hydrogen) atoms. The van der Waals surface area contributed by atoms with Gasteiger partial charge in [0, 0.05) is 6.04 Å². The molecule has 76 valence electrons. The molecule has 1 aliphatic carbocycles. The summed E-state index contributed by atoms with van der Waals surface area (Å²) in [5.74, 6) is 1.47. The number of hydrogen-bond acceptors (Lipinski definition) is 1. The van der Waals surface area contributed by atoms with Crippen LogP contribution in [0.5, 0.6) is 0 Å². The maximum absolute atomic E-state index is 11.6.